The van der Waals surface area contributed by atoms with Gasteiger partial charge in [-0.05, 0) is 24.6 Å². The van der Waals surface area contributed by atoms with Crippen LogP contribution in [0.4, 0.5) is 0 Å². The van der Waals surface area contributed by atoms with Gasteiger partial charge < -0.3 is 10.1 Å². The van der Waals surface area contributed by atoms with Crippen LogP contribution >= 0.6 is 0 Å². The second-order valence-corrected chi connectivity index (χ2v) is 4.53. The molecular weight excluding hydrogens is 262 g/mol. The Bertz CT molecular complexity index is 633. The zero-order valence-electron chi connectivity index (χ0n) is 12.3. The molecule has 0 bridgehead atoms. The lowest BCUT2D eigenvalue weighted by Gasteiger charge is -2.10. The average Bonchev–Trinajstić information content (AvgIpc) is 2.54. The molecule has 0 heterocycles. The van der Waals surface area contributed by atoms with Crippen molar-refractivity contribution in [3.63, 3.8) is 0 Å². The highest BCUT2D eigenvalue weighted by Gasteiger charge is 2.12. The van der Waals surface area contributed by atoms with Gasteiger partial charge in [0.15, 0.2) is 0 Å². The van der Waals surface area contributed by atoms with Gasteiger partial charge >= 0.3 is 0 Å². The minimum absolute atomic E-state index is 0.0883. The van der Waals surface area contributed by atoms with Crippen LogP contribution in [0.25, 0.3) is 11.6 Å². The molecule has 0 fully saturated rings. The monoisotopic (exact) mass is 281 g/mol. The predicted octanol–water partition coefficient (Wildman–Crippen LogP) is 3.37. The molecule has 2 rings (SSSR count). The number of hydrogen-bond donors (Lipinski definition) is 1. The maximum atomic E-state index is 12.3. The first-order chi connectivity index (χ1) is 10.3. The second kappa shape index (κ2) is 7.29. The summed E-state index contributed by atoms with van der Waals surface area (Å²) < 4.78 is 5.35. The lowest BCUT2D eigenvalue weighted by Crippen LogP contribution is -2.23. The molecule has 3 heteroatoms. The van der Waals surface area contributed by atoms with Crippen LogP contribution in [0, 0.1) is 0 Å². The smallest absolute Gasteiger partial charge is 0.251 e. The molecule has 0 aromatic heterocycles. The number of benzene rings is 2. The van der Waals surface area contributed by atoms with Crippen molar-refractivity contribution in [1.29, 1.82) is 0 Å². The van der Waals surface area contributed by atoms with Crippen LogP contribution in [0.3, 0.4) is 0 Å². The summed E-state index contributed by atoms with van der Waals surface area (Å²) in [6, 6.07) is 17.3. The van der Waals surface area contributed by atoms with Gasteiger partial charge in [0.05, 0.1) is 7.11 Å². The van der Waals surface area contributed by atoms with Crippen molar-refractivity contribution in [2.45, 2.75) is 6.92 Å². The van der Waals surface area contributed by atoms with E-state index in [4.69, 9.17) is 4.74 Å². The second-order valence-electron chi connectivity index (χ2n) is 4.53. The molecule has 0 saturated carbocycles. The average molecular weight is 281 g/mol. The fourth-order valence-corrected chi connectivity index (χ4v) is 2.09. The molecule has 21 heavy (non-hydrogen) atoms. The van der Waals surface area contributed by atoms with Gasteiger partial charge in [-0.25, -0.2) is 0 Å². The van der Waals surface area contributed by atoms with Crippen molar-refractivity contribution < 1.29 is 9.53 Å². The fraction of sp³-hybridized carbons (Fsp3) is 0.167. The number of carbonyl (C=O) groups is 1. The van der Waals surface area contributed by atoms with E-state index >= 15 is 0 Å². The standard InChI is InChI=1S/C18H19NO2/c1-3-19-18(20)16(14-9-5-4-6-10-14)13-15-11-7-8-12-17(15)21-2/h4-13H,3H2,1-2H3,(H,19,20)/b16-13+. The van der Waals surface area contributed by atoms with Crippen LogP contribution in [0.5, 0.6) is 5.75 Å². The lowest BCUT2D eigenvalue weighted by molar-refractivity contribution is -0.115. The van der Waals surface area contributed by atoms with Crippen LogP contribution in [-0.4, -0.2) is 19.6 Å². The summed E-state index contributed by atoms with van der Waals surface area (Å²) in [6.45, 7) is 2.50. The number of amides is 1. The Morgan fingerprint density at radius 3 is 2.43 bits per heavy atom. The molecule has 0 unspecified atom stereocenters. The number of hydrogen-bond acceptors (Lipinski definition) is 2. The maximum Gasteiger partial charge on any atom is 0.251 e. The minimum atomic E-state index is -0.0883. The number of methoxy groups -OCH3 is 1. The highest BCUT2D eigenvalue weighted by Crippen LogP contribution is 2.24. The van der Waals surface area contributed by atoms with E-state index in [-0.39, 0.29) is 5.91 Å². The fourth-order valence-electron chi connectivity index (χ4n) is 2.09. The predicted molar refractivity (Wildman–Crippen MR) is 86.0 cm³/mol. The van der Waals surface area contributed by atoms with Gasteiger partial charge in [0.2, 0.25) is 0 Å². The Morgan fingerprint density at radius 1 is 1.10 bits per heavy atom. The third kappa shape index (κ3) is 3.72. The van der Waals surface area contributed by atoms with E-state index in [2.05, 4.69) is 5.32 Å². The highest BCUT2D eigenvalue weighted by molar-refractivity contribution is 6.24. The number of likely N-dealkylation sites (N-methyl/N-ethyl adjacent to an activating group) is 1. The van der Waals surface area contributed by atoms with E-state index in [0.717, 1.165) is 16.9 Å². The molecule has 0 aliphatic heterocycles. The van der Waals surface area contributed by atoms with Crippen molar-refractivity contribution in [2.24, 2.45) is 0 Å². The van der Waals surface area contributed by atoms with Gasteiger partial charge in [0, 0.05) is 17.7 Å². The number of carbonyl (C=O) groups excluding carboxylic acids is 1. The summed E-state index contributed by atoms with van der Waals surface area (Å²) in [7, 11) is 1.63. The molecule has 0 aliphatic rings. The summed E-state index contributed by atoms with van der Waals surface area (Å²) in [5.74, 6) is 0.657. The molecule has 0 aliphatic carbocycles. The summed E-state index contributed by atoms with van der Waals surface area (Å²) in [5.41, 5.74) is 2.39. The van der Waals surface area contributed by atoms with E-state index in [0.29, 0.717) is 12.1 Å². The lowest BCUT2D eigenvalue weighted by atomic mass is 10.0. The largest absolute Gasteiger partial charge is 0.496 e. The zero-order valence-corrected chi connectivity index (χ0v) is 12.3. The van der Waals surface area contributed by atoms with Gasteiger partial charge in [0.1, 0.15) is 5.75 Å². The number of nitrogens with one attached hydrogen (secondary N) is 1. The Balaban J connectivity index is 2.49. The molecule has 1 N–H and O–H groups in total. The van der Waals surface area contributed by atoms with Crippen LogP contribution in [0.2, 0.25) is 0 Å². The summed E-state index contributed by atoms with van der Waals surface area (Å²) in [4.78, 5) is 12.3. The van der Waals surface area contributed by atoms with E-state index in [1.54, 1.807) is 7.11 Å². The van der Waals surface area contributed by atoms with E-state index in [1.165, 1.54) is 0 Å². The topological polar surface area (TPSA) is 38.3 Å². The van der Waals surface area contributed by atoms with Crippen molar-refractivity contribution in [1.82, 2.24) is 5.32 Å². The Morgan fingerprint density at radius 2 is 1.76 bits per heavy atom. The first kappa shape index (κ1) is 14.9. The van der Waals surface area contributed by atoms with E-state index in [9.17, 15) is 4.79 Å². The molecule has 1 amide bonds. The molecule has 108 valence electrons. The zero-order chi connectivity index (χ0) is 15.1. The van der Waals surface area contributed by atoms with E-state index < -0.39 is 0 Å². The van der Waals surface area contributed by atoms with Crippen LogP contribution in [-0.2, 0) is 4.79 Å². The van der Waals surface area contributed by atoms with Crippen molar-refractivity contribution >= 4 is 17.6 Å². The van der Waals surface area contributed by atoms with Gasteiger partial charge in [-0.3, -0.25) is 4.79 Å². The Labute approximate surface area is 125 Å². The van der Waals surface area contributed by atoms with Gasteiger partial charge in [-0.2, -0.15) is 0 Å². The molecule has 2 aromatic rings. The summed E-state index contributed by atoms with van der Waals surface area (Å²) in [6.07, 6.45) is 1.86. The van der Waals surface area contributed by atoms with E-state index in [1.807, 2.05) is 67.6 Å². The number of ether oxygens (including phenoxy) is 1. The quantitative estimate of drug-likeness (QED) is 0.674. The molecule has 0 atom stereocenters. The van der Waals surface area contributed by atoms with Gasteiger partial charge in [-0.1, -0.05) is 48.5 Å². The first-order valence-electron chi connectivity index (χ1n) is 6.94. The molecule has 0 saturated heterocycles. The summed E-state index contributed by atoms with van der Waals surface area (Å²) in [5, 5.41) is 2.85. The van der Waals surface area contributed by atoms with Crippen LogP contribution in [0.15, 0.2) is 54.6 Å². The molecular formula is C18H19NO2. The first-order valence-corrected chi connectivity index (χ1v) is 6.94. The van der Waals surface area contributed by atoms with Crippen LogP contribution < -0.4 is 10.1 Å². The molecule has 2 aromatic carbocycles. The van der Waals surface area contributed by atoms with Gasteiger partial charge in [-0.15, -0.1) is 0 Å². The SMILES string of the molecule is CCNC(=O)/C(=C/c1ccccc1OC)c1ccccc1. The highest BCUT2D eigenvalue weighted by atomic mass is 16.5. The third-order valence-electron chi connectivity index (χ3n) is 3.11. The van der Waals surface area contributed by atoms with Crippen LogP contribution in [0.1, 0.15) is 18.1 Å². The maximum absolute atomic E-state index is 12.3. The minimum Gasteiger partial charge on any atom is -0.496 e. The van der Waals surface area contributed by atoms with Crippen molar-refractivity contribution in [3.8, 4) is 5.75 Å². The number of rotatable bonds is 5. The Kier molecular flexibility index (Phi) is 5.16. The molecule has 3 nitrogen and oxygen atoms in total. The van der Waals surface area contributed by atoms with Crippen molar-refractivity contribution in [2.75, 3.05) is 13.7 Å². The summed E-state index contributed by atoms with van der Waals surface area (Å²) >= 11 is 0. The Hall–Kier alpha value is -2.55. The normalized spacial score (nSPS) is 11.0. The van der Waals surface area contributed by atoms with Crippen molar-refractivity contribution in [3.05, 3.63) is 65.7 Å². The number of para-hydroxylation sites is 1. The third-order valence-corrected chi connectivity index (χ3v) is 3.11. The van der Waals surface area contributed by atoms with Gasteiger partial charge in [0.25, 0.3) is 5.91 Å². The molecule has 0 spiro atoms. The molecule has 0 radical (unpaired) electrons.